The summed E-state index contributed by atoms with van der Waals surface area (Å²) in [5.41, 5.74) is 0. The van der Waals surface area contributed by atoms with E-state index >= 15 is 0 Å². The Kier molecular flexibility index (Phi) is 33.3. The maximum atomic E-state index is 12.6. The molecule has 2 atom stereocenters. The molecule has 8 nitrogen and oxygen atoms in total. The zero-order valence-corrected chi connectivity index (χ0v) is 33.4. The topological polar surface area (TPSA) is 91.3 Å². The predicted octanol–water partition coefficient (Wildman–Crippen LogP) is 11.3. The molecule has 1 N–H and O–H groups in total. The number of ether oxygens (including phenoxy) is 2. The van der Waals surface area contributed by atoms with Gasteiger partial charge < -0.3 is 18.9 Å². The molecule has 0 radical (unpaired) electrons. The minimum absolute atomic E-state index is 0.0935. The van der Waals surface area contributed by atoms with Gasteiger partial charge in [-0.2, -0.15) is 0 Å². The quantitative estimate of drug-likeness (QED) is 0.0296. The van der Waals surface area contributed by atoms with Gasteiger partial charge in [0.2, 0.25) is 0 Å². The number of quaternary nitrogens is 1. The fourth-order valence-corrected chi connectivity index (χ4v) is 6.47. The summed E-state index contributed by atoms with van der Waals surface area (Å²) in [4.78, 5) is 22.7. The van der Waals surface area contributed by atoms with E-state index in [0.717, 1.165) is 32.1 Å². The van der Waals surface area contributed by atoms with Gasteiger partial charge in [0.25, 0.3) is 0 Å². The molecule has 48 heavy (non-hydrogen) atoms. The molecule has 0 aliphatic carbocycles. The van der Waals surface area contributed by atoms with Crippen LogP contribution in [0.1, 0.15) is 187 Å². The van der Waals surface area contributed by atoms with Gasteiger partial charge in [0.1, 0.15) is 19.3 Å². The number of carbonyl (C=O) groups excluding carboxylic acids is 1. The van der Waals surface area contributed by atoms with Crippen LogP contribution in [-0.4, -0.2) is 75.6 Å². The number of esters is 1. The van der Waals surface area contributed by atoms with E-state index in [-0.39, 0.29) is 25.8 Å². The number of phosphoric acid groups is 1. The number of phosphoric ester groups is 1. The highest BCUT2D eigenvalue weighted by molar-refractivity contribution is 7.47. The van der Waals surface area contributed by atoms with Gasteiger partial charge in [-0.15, -0.1) is 0 Å². The first-order valence-corrected chi connectivity index (χ1v) is 21.8. The molecule has 0 saturated heterocycles. The van der Waals surface area contributed by atoms with Gasteiger partial charge in [0.05, 0.1) is 34.4 Å². The molecule has 0 aromatic rings. The van der Waals surface area contributed by atoms with E-state index in [1.54, 1.807) is 0 Å². The van der Waals surface area contributed by atoms with E-state index < -0.39 is 13.9 Å². The molecule has 0 heterocycles. The first-order chi connectivity index (χ1) is 23.1. The summed E-state index contributed by atoms with van der Waals surface area (Å²) in [7, 11) is 1.68. The van der Waals surface area contributed by atoms with E-state index in [1.807, 2.05) is 21.1 Å². The molecule has 0 aromatic heterocycles. The van der Waals surface area contributed by atoms with Crippen LogP contribution in [-0.2, 0) is 27.9 Å². The molecule has 0 saturated carbocycles. The number of carbonyl (C=O) groups is 1. The fourth-order valence-electron chi connectivity index (χ4n) is 5.73. The van der Waals surface area contributed by atoms with Crippen molar-refractivity contribution in [1.82, 2.24) is 0 Å². The number of hydrogen-bond acceptors (Lipinski definition) is 6. The molecule has 0 aliphatic heterocycles. The lowest BCUT2D eigenvalue weighted by Crippen LogP contribution is -2.37. The maximum absolute atomic E-state index is 12.6. The highest BCUT2D eigenvalue weighted by Crippen LogP contribution is 2.43. The molecule has 0 aromatic carbocycles. The SMILES string of the molecule is CCCCCCCCCCCCCCCCCCOCC(COP(=O)(O)OCC[N+](C)(C)C)OC(=O)CCCCCCCCCCCC. The molecular weight excluding hydrogens is 625 g/mol. The summed E-state index contributed by atoms with van der Waals surface area (Å²) >= 11 is 0. The molecule has 0 aliphatic rings. The summed E-state index contributed by atoms with van der Waals surface area (Å²) in [5, 5.41) is 0. The lowest BCUT2D eigenvalue weighted by Gasteiger charge is -2.24. The zero-order chi connectivity index (χ0) is 35.6. The van der Waals surface area contributed by atoms with Gasteiger partial charge >= 0.3 is 13.8 Å². The van der Waals surface area contributed by atoms with Crippen LogP contribution in [0.25, 0.3) is 0 Å². The summed E-state index contributed by atoms with van der Waals surface area (Å²) in [6.45, 7) is 5.65. The van der Waals surface area contributed by atoms with E-state index in [0.29, 0.717) is 24.1 Å². The molecule has 0 bridgehead atoms. The highest BCUT2D eigenvalue weighted by atomic mass is 31.2. The Hall–Kier alpha value is -0.500. The average Bonchev–Trinajstić information content (AvgIpc) is 3.03. The molecular formula is C39H81NO7P+. The van der Waals surface area contributed by atoms with E-state index in [9.17, 15) is 14.3 Å². The van der Waals surface area contributed by atoms with Crippen molar-refractivity contribution in [2.75, 3.05) is 54.1 Å². The van der Waals surface area contributed by atoms with Gasteiger partial charge in [-0.1, -0.05) is 168 Å². The Morgan fingerprint density at radius 3 is 1.38 bits per heavy atom. The first-order valence-electron chi connectivity index (χ1n) is 20.3. The summed E-state index contributed by atoms with van der Waals surface area (Å²) < 4.78 is 34.9. The third-order valence-corrected chi connectivity index (χ3v) is 9.90. The molecule has 0 amide bonds. The van der Waals surface area contributed by atoms with Crippen molar-refractivity contribution in [3.8, 4) is 0 Å². The zero-order valence-electron chi connectivity index (χ0n) is 32.5. The summed E-state index contributed by atoms with van der Waals surface area (Å²) in [6, 6.07) is 0. The van der Waals surface area contributed by atoms with Crippen molar-refractivity contribution in [1.29, 1.82) is 0 Å². The fraction of sp³-hybridized carbons (Fsp3) is 0.974. The van der Waals surface area contributed by atoms with Gasteiger partial charge in [0, 0.05) is 13.0 Å². The van der Waals surface area contributed by atoms with E-state index in [2.05, 4.69) is 13.8 Å². The smallest absolute Gasteiger partial charge is 0.457 e. The minimum atomic E-state index is -4.26. The largest absolute Gasteiger partial charge is 0.472 e. The van der Waals surface area contributed by atoms with Crippen LogP contribution in [0.5, 0.6) is 0 Å². The maximum Gasteiger partial charge on any atom is 0.472 e. The standard InChI is InChI=1S/C39H80NO7P/c1-6-8-10-12-14-16-18-19-20-21-22-23-25-27-29-31-34-44-36-38(37-46-48(42,43)45-35-33-40(3,4)5)47-39(41)32-30-28-26-24-17-15-13-11-9-7-2/h38H,6-37H2,1-5H3/p+1. The lowest BCUT2D eigenvalue weighted by molar-refractivity contribution is -0.870. The Balaban J connectivity index is 4.19. The minimum Gasteiger partial charge on any atom is -0.457 e. The first kappa shape index (κ1) is 47.5. The monoisotopic (exact) mass is 707 g/mol. The third kappa shape index (κ3) is 36.8. The van der Waals surface area contributed by atoms with Gasteiger partial charge in [-0.05, 0) is 12.8 Å². The molecule has 0 spiro atoms. The van der Waals surface area contributed by atoms with Crippen LogP contribution in [0, 0.1) is 0 Å². The van der Waals surface area contributed by atoms with Crippen molar-refractivity contribution < 1.29 is 37.3 Å². The Labute approximate surface area is 298 Å². The van der Waals surface area contributed by atoms with Crippen LogP contribution in [0.3, 0.4) is 0 Å². The Morgan fingerprint density at radius 2 is 0.958 bits per heavy atom. The summed E-state index contributed by atoms with van der Waals surface area (Å²) in [5.74, 6) is -0.312. The van der Waals surface area contributed by atoms with E-state index in [4.69, 9.17) is 18.5 Å². The average molecular weight is 707 g/mol. The second-order valence-corrected chi connectivity index (χ2v) is 16.5. The van der Waals surface area contributed by atoms with Crippen molar-refractivity contribution >= 4 is 13.8 Å². The van der Waals surface area contributed by atoms with Gasteiger partial charge in [0.15, 0.2) is 0 Å². The number of nitrogens with zero attached hydrogens (tertiary/aromatic N) is 1. The number of likely N-dealkylation sites (N-methyl/N-ethyl adjacent to an activating group) is 1. The van der Waals surface area contributed by atoms with Crippen LogP contribution in [0.2, 0.25) is 0 Å². The molecule has 9 heteroatoms. The van der Waals surface area contributed by atoms with Gasteiger partial charge in [-0.25, -0.2) is 4.57 Å². The van der Waals surface area contributed by atoms with Gasteiger partial charge in [-0.3, -0.25) is 13.8 Å². The molecule has 0 rings (SSSR count). The lowest BCUT2D eigenvalue weighted by atomic mass is 10.0. The van der Waals surface area contributed by atoms with Crippen molar-refractivity contribution in [3.63, 3.8) is 0 Å². The third-order valence-electron chi connectivity index (χ3n) is 8.92. The normalized spacial score (nSPS) is 13.9. The van der Waals surface area contributed by atoms with Crippen molar-refractivity contribution in [2.45, 2.75) is 193 Å². The molecule has 2 unspecified atom stereocenters. The number of hydrogen-bond donors (Lipinski definition) is 1. The number of rotatable bonds is 38. The van der Waals surface area contributed by atoms with Crippen molar-refractivity contribution in [3.05, 3.63) is 0 Å². The molecule has 0 fully saturated rings. The second kappa shape index (κ2) is 33.6. The van der Waals surface area contributed by atoms with E-state index in [1.165, 1.54) is 135 Å². The van der Waals surface area contributed by atoms with Crippen LogP contribution in [0.15, 0.2) is 0 Å². The van der Waals surface area contributed by atoms with Crippen LogP contribution >= 0.6 is 7.82 Å². The predicted molar refractivity (Wildman–Crippen MR) is 201 cm³/mol. The number of unbranched alkanes of at least 4 members (excludes halogenated alkanes) is 24. The van der Waals surface area contributed by atoms with Crippen LogP contribution in [0.4, 0.5) is 0 Å². The molecule has 288 valence electrons. The Bertz CT molecular complexity index is 746. The second-order valence-electron chi connectivity index (χ2n) is 15.0. The highest BCUT2D eigenvalue weighted by Gasteiger charge is 2.26. The Morgan fingerprint density at radius 1 is 0.562 bits per heavy atom. The summed E-state index contributed by atoms with van der Waals surface area (Å²) in [6.07, 6.45) is 32.7. The van der Waals surface area contributed by atoms with Crippen molar-refractivity contribution in [2.24, 2.45) is 0 Å². The van der Waals surface area contributed by atoms with Crippen LogP contribution < -0.4 is 0 Å².